The fraction of sp³-hybridized carbons (Fsp3) is 0.0909. The van der Waals surface area contributed by atoms with Gasteiger partial charge in [0.15, 0.2) is 0 Å². The lowest BCUT2D eigenvalue weighted by atomic mass is 10.2. The van der Waals surface area contributed by atoms with E-state index in [9.17, 15) is 0 Å². The number of nitrogens with zero attached hydrogens (tertiary/aromatic N) is 5. The molecular weight excluding hydrogens is 232 g/mol. The van der Waals surface area contributed by atoms with Gasteiger partial charge in [-0.3, -0.25) is 0 Å². The third kappa shape index (κ3) is 1.71. The highest BCUT2D eigenvalue weighted by Gasteiger charge is 2.10. The second-order valence-electron chi connectivity index (χ2n) is 3.57. The number of methoxy groups -OCH3 is 1. The maximum Gasteiger partial charge on any atom is 0.204 e. The molecule has 0 atom stereocenters. The summed E-state index contributed by atoms with van der Waals surface area (Å²) in [5.74, 6) is 1.26. The van der Waals surface area contributed by atoms with Gasteiger partial charge in [-0.25, -0.2) is 4.68 Å². The van der Waals surface area contributed by atoms with Crippen LogP contribution in [-0.4, -0.2) is 37.5 Å². The topological polar surface area (TPSA) is 81.5 Å². The van der Waals surface area contributed by atoms with Crippen molar-refractivity contribution in [3.63, 3.8) is 0 Å². The van der Waals surface area contributed by atoms with E-state index in [-0.39, 0.29) is 0 Å². The number of H-pyrrole nitrogens is 1. The number of hydrogen-bond donors (Lipinski definition) is 1. The number of aromatic amines is 1. The molecule has 0 aliphatic rings. The molecule has 0 bridgehead atoms. The van der Waals surface area contributed by atoms with E-state index in [2.05, 4.69) is 25.7 Å². The summed E-state index contributed by atoms with van der Waals surface area (Å²) in [6.45, 7) is 0. The van der Waals surface area contributed by atoms with Gasteiger partial charge in [-0.05, 0) is 29.5 Å². The second kappa shape index (κ2) is 4.28. The molecule has 3 rings (SSSR count). The maximum absolute atomic E-state index is 5.32. The van der Waals surface area contributed by atoms with Crippen molar-refractivity contribution in [3.05, 3.63) is 36.7 Å². The highest BCUT2D eigenvalue weighted by Crippen LogP contribution is 2.26. The van der Waals surface area contributed by atoms with E-state index >= 15 is 0 Å². The second-order valence-corrected chi connectivity index (χ2v) is 3.57. The normalized spacial score (nSPS) is 10.5. The van der Waals surface area contributed by atoms with Gasteiger partial charge in [-0.15, -0.1) is 10.2 Å². The van der Waals surface area contributed by atoms with E-state index in [0.29, 0.717) is 5.82 Å². The number of aromatic nitrogens is 6. The Balaban J connectivity index is 2.14. The third-order valence-electron chi connectivity index (χ3n) is 2.53. The summed E-state index contributed by atoms with van der Waals surface area (Å²) < 4.78 is 7.04. The lowest BCUT2D eigenvalue weighted by molar-refractivity contribution is 0.412. The zero-order valence-electron chi connectivity index (χ0n) is 9.61. The van der Waals surface area contributed by atoms with Crippen LogP contribution < -0.4 is 4.74 Å². The van der Waals surface area contributed by atoms with E-state index in [1.165, 1.54) is 0 Å². The number of benzene rings is 1. The SMILES string of the molecule is COc1ccc(-c2nn[nH]n2)cc1-n1cccn1. The Hall–Kier alpha value is -2.70. The first-order chi connectivity index (χ1) is 8.88. The van der Waals surface area contributed by atoms with Crippen LogP contribution in [-0.2, 0) is 0 Å². The molecule has 18 heavy (non-hydrogen) atoms. The van der Waals surface area contributed by atoms with Gasteiger partial charge >= 0.3 is 0 Å². The monoisotopic (exact) mass is 242 g/mol. The molecule has 0 saturated carbocycles. The highest BCUT2D eigenvalue weighted by molar-refractivity contribution is 5.62. The smallest absolute Gasteiger partial charge is 0.204 e. The Morgan fingerprint density at radius 1 is 1.33 bits per heavy atom. The van der Waals surface area contributed by atoms with Crippen molar-refractivity contribution in [3.8, 4) is 22.8 Å². The van der Waals surface area contributed by atoms with Gasteiger partial charge in [0, 0.05) is 18.0 Å². The summed E-state index contributed by atoms with van der Waals surface area (Å²) >= 11 is 0. The van der Waals surface area contributed by atoms with E-state index in [1.54, 1.807) is 18.0 Å². The lowest BCUT2D eigenvalue weighted by Crippen LogP contribution is -1.99. The molecule has 0 aliphatic carbocycles. The molecule has 0 radical (unpaired) electrons. The van der Waals surface area contributed by atoms with Crippen molar-refractivity contribution in [2.45, 2.75) is 0 Å². The molecule has 0 amide bonds. The summed E-state index contributed by atoms with van der Waals surface area (Å²) in [7, 11) is 1.62. The van der Waals surface area contributed by atoms with Gasteiger partial charge in [-0.2, -0.15) is 10.3 Å². The predicted molar refractivity (Wildman–Crippen MR) is 63.3 cm³/mol. The van der Waals surface area contributed by atoms with Crippen LogP contribution in [0.4, 0.5) is 0 Å². The molecule has 2 heterocycles. The molecule has 0 saturated heterocycles. The van der Waals surface area contributed by atoms with Gasteiger partial charge in [0.2, 0.25) is 5.82 Å². The molecule has 7 nitrogen and oxygen atoms in total. The Labute approximate surface area is 102 Å². The molecule has 0 spiro atoms. The third-order valence-corrected chi connectivity index (χ3v) is 2.53. The molecule has 1 aromatic carbocycles. The standard InChI is InChI=1S/C11H10N6O/c1-18-10-4-3-8(11-13-15-16-14-11)7-9(10)17-6-2-5-12-17/h2-7H,1H3,(H,13,14,15,16). The summed E-state index contributed by atoms with van der Waals surface area (Å²) in [4.78, 5) is 0. The van der Waals surface area contributed by atoms with Crippen molar-refractivity contribution < 1.29 is 4.74 Å². The number of hydrogen-bond acceptors (Lipinski definition) is 5. The summed E-state index contributed by atoms with van der Waals surface area (Å²) in [6, 6.07) is 7.47. The van der Waals surface area contributed by atoms with Crippen LogP contribution >= 0.6 is 0 Å². The van der Waals surface area contributed by atoms with E-state index in [0.717, 1.165) is 17.0 Å². The molecule has 3 aromatic rings. The van der Waals surface area contributed by atoms with Crippen LogP contribution in [0.15, 0.2) is 36.7 Å². The van der Waals surface area contributed by atoms with Crippen molar-refractivity contribution in [1.82, 2.24) is 30.4 Å². The number of nitrogens with one attached hydrogen (secondary N) is 1. The van der Waals surface area contributed by atoms with E-state index < -0.39 is 0 Å². The quantitative estimate of drug-likeness (QED) is 0.742. The van der Waals surface area contributed by atoms with Crippen LogP contribution in [0.5, 0.6) is 5.75 Å². The number of rotatable bonds is 3. The van der Waals surface area contributed by atoms with Gasteiger partial charge in [0.1, 0.15) is 11.4 Å². The fourth-order valence-electron chi connectivity index (χ4n) is 1.70. The predicted octanol–water partition coefficient (Wildman–Crippen LogP) is 1.06. The lowest BCUT2D eigenvalue weighted by Gasteiger charge is -2.09. The molecule has 0 aliphatic heterocycles. The van der Waals surface area contributed by atoms with Crippen molar-refractivity contribution >= 4 is 0 Å². The van der Waals surface area contributed by atoms with Gasteiger partial charge in [0.05, 0.1) is 7.11 Å². The van der Waals surface area contributed by atoms with Crippen molar-refractivity contribution in [2.24, 2.45) is 0 Å². The minimum Gasteiger partial charge on any atom is -0.494 e. The molecule has 0 fully saturated rings. The molecule has 90 valence electrons. The average molecular weight is 242 g/mol. The molecule has 7 heteroatoms. The highest BCUT2D eigenvalue weighted by atomic mass is 16.5. The first-order valence-electron chi connectivity index (χ1n) is 5.30. The van der Waals surface area contributed by atoms with E-state index in [4.69, 9.17) is 4.74 Å². The minimum atomic E-state index is 0.533. The zero-order chi connectivity index (χ0) is 12.4. The van der Waals surface area contributed by atoms with Crippen molar-refractivity contribution in [1.29, 1.82) is 0 Å². The average Bonchev–Trinajstić information content (AvgIpc) is 3.11. The molecule has 1 N–H and O–H groups in total. The Morgan fingerprint density at radius 2 is 2.28 bits per heavy atom. The van der Waals surface area contributed by atoms with E-state index in [1.807, 2.05) is 30.5 Å². The van der Waals surface area contributed by atoms with Crippen LogP contribution in [0.1, 0.15) is 0 Å². The van der Waals surface area contributed by atoms with Gasteiger partial charge in [0.25, 0.3) is 0 Å². The summed E-state index contributed by atoms with van der Waals surface area (Å²) in [6.07, 6.45) is 3.55. The Morgan fingerprint density at radius 3 is 2.94 bits per heavy atom. The summed E-state index contributed by atoms with van der Waals surface area (Å²) in [5.41, 5.74) is 1.67. The molecule has 2 aromatic heterocycles. The summed E-state index contributed by atoms with van der Waals surface area (Å²) in [5, 5.41) is 18.1. The largest absolute Gasteiger partial charge is 0.494 e. The maximum atomic E-state index is 5.32. The van der Waals surface area contributed by atoms with Crippen LogP contribution in [0, 0.1) is 0 Å². The molecular formula is C11H10N6O. The number of tetrazole rings is 1. The minimum absolute atomic E-state index is 0.533. The number of ether oxygens (including phenoxy) is 1. The Bertz CT molecular complexity index is 632. The van der Waals surface area contributed by atoms with Gasteiger partial charge in [-0.1, -0.05) is 0 Å². The van der Waals surface area contributed by atoms with Crippen LogP contribution in [0.25, 0.3) is 17.1 Å². The Kier molecular flexibility index (Phi) is 2.49. The zero-order valence-corrected chi connectivity index (χ0v) is 9.61. The van der Waals surface area contributed by atoms with Crippen LogP contribution in [0.3, 0.4) is 0 Å². The fourth-order valence-corrected chi connectivity index (χ4v) is 1.70. The van der Waals surface area contributed by atoms with Crippen molar-refractivity contribution in [2.75, 3.05) is 7.11 Å². The first kappa shape index (κ1) is 10.5. The van der Waals surface area contributed by atoms with Crippen LogP contribution in [0.2, 0.25) is 0 Å². The first-order valence-corrected chi connectivity index (χ1v) is 5.30. The van der Waals surface area contributed by atoms with Gasteiger partial charge < -0.3 is 4.74 Å². The molecule has 0 unspecified atom stereocenters.